The molecule has 0 aliphatic carbocycles. The predicted molar refractivity (Wildman–Crippen MR) is 65.7 cm³/mol. The summed E-state index contributed by atoms with van der Waals surface area (Å²) in [6.45, 7) is 6.82. The molecule has 0 radical (unpaired) electrons. The molecule has 0 saturated heterocycles. The fraction of sp³-hybridized carbons (Fsp3) is 0.417. The second kappa shape index (κ2) is 4.25. The number of rotatable bonds is 2. The number of aromatic nitrogens is 4. The second-order valence-electron chi connectivity index (χ2n) is 4.96. The molecule has 5 nitrogen and oxygen atoms in total. The quantitative estimate of drug-likeness (QED) is 0.848. The first-order valence-corrected chi connectivity index (χ1v) is 5.58. The Bertz CT molecular complexity index is 492. The molecule has 2 aromatic rings. The molecule has 0 aliphatic rings. The summed E-state index contributed by atoms with van der Waals surface area (Å²) < 4.78 is 1.63. The summed E-state index contributed by atoms with van der Waals surface area (Å²) in [7, 11) is 0. The molecule has 0 atom stereocenters. The fourth-order valence-corrected chi connectivity index (χ4v) is 1.47. The second-order valence-corrected chi connectivity index (χ2v) is 4.96. The minimum atomic E-state index is 0.107. The maximum Gasteiger partial charge on any atom is 0.164 e. The van der Waals surface area contributed by atoms with E-state index in [1.807, 2.05) is 12.3 Å². The Balaban J connectivity index is 2.29. The zero-order valence-corrected chi connectivity index (χ0v) is 10.4. The van der Waals surface area contributed by atoms with Gasteiger partial charge < -0.3 is 5.73 Å². The lowest BCUT2D eigenvalue weighted by Crippen LogP contribution is -2.12. The molecule has 0 spiro atoms. The van der Waals surface area contributed by atoms with E-state index in [4.69, 9.17) is 5.73 Å². The Hall–Kier alpha value is -1.75. The van der Waals surface area contributed by atoms with Gasteiger partial charge in [0.1, 0.15) is 6.33 Å². The molecule has 2 N–H and O–H groups in total. The predicted octanol–water partition coefficient (Wildman–Crippen LogP) is 1.42. The van der Waals surface area contributed by atoms with Crippen molar-refractivity contribution < 1.29 is 0 Å². The highest BCUT2D eigenvalue weighted by atomic mass is 15.4. The number of hydrogen-bond donors (Lipinski definition) is 1. The van der Waals surface area contributed by atoms with Crippen LogP contribution >= 0.6 is 0 Å². The van der Waals surface area contributed by atoms with Crippen molar-refractivity contribution in [2.45, 2.75) is 32.7 Å². The highest BCUT2D eigenvalue weighted by molar-refractivity contribution is 5.27. The lowest BCUT2D eigenvalue weighted by Gasteiger charge is -2.18. The Kier molecular flexibility index (Phi) is 2.93. The van der Waals surface area contributed by atoms with Crippen molar-refractivity contribution in [3.05, 3.63) is 36.0 Å². The molecule has 2 aromatic heterocycles. The summed E-state index contributed by atoms with van der Waals surface area (Å²) >= 11 is 0. The number of hydrogen-bond acceptors (Lipinski definition) is 4. The van der Waals surface area contributed by atoms with Crippen molar-refractivity contribution in [2.24, 2.45) is 5.73 Å². The van der Waals surface area contributed by atoms with Gasteiger partial charge in [0, 0.05) is 6.20 Å². The SMILES string of the molecule is CC(C)(C)c1ccc(-n2cnc(CN)n2)nc1. The van der Waals surface area contributed by atoms with Crippen LogP contribution in [0.15, 0.2) is 24.7 Å². The Labute approximate surface area is 101 Å². The van der Waals surface area contributed by atoms with Gasteiger partial charge in [-0.1, -0.05) is 26.8 Å². The van der Waals surface area contributed by atoms with Crippen LogP contribution in [-0.4, -0.2) is 19.7 Å². The minimum Gasteiger partial charge on any atom is -0.324 e. The summed E-state index contributed by atoms with van der Waals surface area (Å²) in [6.07, 6.45) is 3.50. The lowest BCUT2D eigenvalue weighted by molar-refractivity contribution is 0.586. The van der Waals surface area contributed by atoms with Gasteiger partial charge in [-0.3, -0.25) is 0 Å². The van der Waals surface area contributed by atoms with Gasteiger partial charge in [0.05, 0.1) is 6.54 Å². The summed E-state index contributed by atoms with van der Waals surface area (Å²) in [4.78, 5) is 8.45. The van der Waals surface area contributed by atoms with Crippen LogP contribution in [0.4, 0.5) is 0 Å². The number of pyridine rings is 1. The van der Waals surface area contributed by atoms with Crippen LogP contribution in [0.2, 0.25) is 0 Å². The van der Waals surface area contributed by atoms with E-state index in [2.05, 4.69) is 41.9 Å². The molecule has 17 heavy (non-hydrogen) atoms. The van der Waals surface area contributed by atoms with Gasteiger partial charge in [-0.15, -0.1) is 5.10 Å². The molecule has 5 heteroatoms. The molecule has 0 aromatic carbocycles. The third-order valence-corrected chi connectivity index (χ3v) is 2.57. The average molecular weight is 231 g/mol. The van der Waals surface area contributed by atoms with E-state index in [1.165, 1.54) is 5.56 Å². The summed E-state index contributed by atoms with van der Waals surface area (Å²) in [5.41, 5.74) is 6.77. The fourth-order valence-electron chi connectivity index (χ4n) is 1.47. The van der Waals surface area contributed by atoms with Gasteiger partial charge in [0.2, 0.25) is 0 Å². The standard InChI is InChI=1S/C12H17N5/c1-12(2,3)9-4-5-11(14-7-9)17-8-15-10(6-13)16-17/h4-5,7-8H,6,13H2,1-3H3. The van der Waals surface area contributed by atoms with Gasteiger partial charge in [-0.25, -0.2) is 14.6 Å². The molecular formula is C12H17N5. The maximum atomic E-state index is 5.46. The molecule has 0 bridgehead atoms. The Morgan fingerprint density at radius 1 is 1.24 bits per heavy atom. The molecule has 90 valence electrons. The zero-order chi connectivity index (χ0) is 12.5. The van der Waals surface area contributed by atoms with Crippen LogP contribution in [0.25, 0.3) is 5.82 Å². The Morgan fingerprint density at radius 3 is 2.47 bits per heavy atom. The monoisotopic (exact) mass is 231 g/mol. The first kappa shape index (κ1) is 11.7. The molecule has 0 amide bonds. The van der Waals surface area contributed by atoms with Crippen molar-refractivity contribution in [1.29, 1.82) is 0 Å². The number of nitrogens with zero attached hydrogens (tertiary/aromatic N) is 4. The topological polar surface area (TPSA) is 69.6 Å². The number of nitrogens with two attached hydrogens (primary N) is 1. The third-order valence-electron chi connectivity index (χ3n) is 2.57. The van der Waals surface area contributed by atoms with E-state index in [1.54, 1.807) is 11.0 Å². The summed E-state index contributed by atoms with van der Waals surface area (Å²) in [6, 6.07) is 4.00. The van der Waals surface area contributed by atoms with Gasteiger partial charge in [0.25, 0.3) is 0 Å². The van der Waals surface area contributed by atoms with Gasteiger partial charge in [0.15, 0.2) is 11.6 Å². The van der Waals surface area contributed by atoms with Crippen molar-refractivity contribution >= 4 is 0 Å². The highest BCUT2D eigenvalue weighted by Crippen LogP contribution is 2.21. The lowest BCUT2D eigenvalue weighted by atomic mass is 9.88. The molecule has 0 unspecified atom stereocenters. The van der Waals surface area contributed by atoms with Gasteiger partial charge in [-0.05, 0) is 17.0 Å². The van der Waals surface area contributed by atoms with Crippen LogP contribution in [0.5, 0.6) is 0 Å². The van der Waals surface area contributed by atoms with Gasteiger partial charge >= 0.3 is 0 Å². The van der Waals surface area contributed by atoms with Crippen molar-refractivity contribution in [3.63, 3.8) is 0 Å². The zero-order valence-electron chi connectivity index (χ0n) is 10.4. The first-order valence-electron chi connectivity index (χ1n) is 5.58. The van der Waals surface area contributed by atoms with Crippen molar-refractivity contribution in [2.75, 3.05) is 0 Å². The van der Waals surface area contributed by atoms with Crippen LogP contribution in [0.3, 0.4) is 0 Å². The average Bonchev–Trinajstić information content (AvgIpc) is 2.76. The normalized spacial score (nSPS) is 11.8. The molecule has 0 saturated carbocycles. The molecule has 0 fully saturated rings. The molecular weight excluding hydrogens is 214 g/mol. The van der Waals surface area contributed by atoms with Crippen LogP contribution in [-0.2, 0) is 12.0 Å². The van der Waals surface area contributed by atoms with E-state index in [0.717, 1.165) is 5.82 Å². The first-order chi connectivity index (χ1) is 8.00. The summed E-state index contributed by atoms with van der Waals surface area (Å²) in [5, 5.41) is 4.21. The highest BCUT2D eigenvalue weighted by Gasteiger charge is 2.14. The van der Waals surface area contributed by atoms with E-state index < -0.39 is 0 Å². The molecule has 2 heterocycles. The minimum absolute atomic E-state index is 0.107. The maximum absolute atomic E-state index is 5.46. The van der Waals surface area contributed by atoms with Crippen molar-refractivity contribution in [1.82, 2.24) is 19.7 Å². The largest absolute Gasteiger partial charge is 0.324 e. The summed E-state index contributed by atoms with van der Waals surface area (Å²) in [5.74, 6) is 1.37. The van der Waals surface area contributed by atoms with E-state index >= 15 is 0 Å². The van der Waals surface area contributed by atoms with Crippen LogP contribution in [0, 0.1) is 0 Å². The van der Waals surface area contributed by atoms with Crippen molar-refractivity contribution in [3.8, 4) is 5.82 Å². The van der Waals surface area contributed by atoms with E-state index in [9.17, 15) is 0 Å². The van der Waals surface area contributed by atoms with E-state index in [0.29, 0.717) is 12.4 Å². The third kappa shape index (κ3) is 2.50. The van der Waals surface area contributed by atoms with Crippen LogP contribution < -0.4 is 5.73 Å². The van der Waals surface area contributed by atoms with E-state index in [-0.39, 0.29) is 5.41 Å². The van der Waals surface area contributed by atoms with Gasteiger partial charge in [-0.2, -0.15) is 0 Å². The Morgan fingerprint density at radius 2 is 2.00 bits per heavy atom. The molecule has 2 rings (SSSR count). The molecule has 0 aliphatic heterocycles. The smallest absolute Gasteiger partial charge is 0.164 e. The van der Waals surface area contributed by atoms with Crippen LogP contribution in [0.1, 0.15) is 32.2 Å².